The number of rotatable bonds is 19. The summed E-state index contributed by atoms with van der Waals surface area (Å²) in [6.45, 7) is 20.0. The molecule has 3 atom stereocenters. The minimum atomic E-state index is -0.929. The lowest BCUT2D eigenvalue weighted by Gasteiger charge is -2.33. The van der Waals surface area contributed by atoms with E-state index in [0.717, 1.165) is 77.8 Å². The van der Waals surface area contributed by atoms with E-state index >= 15 is 0 Å². The molecule has 2 aliphatic heterocycles. The Labute approximate surface area is 377 Å². The number of carbonyl (C=O) groups is 5. The summed E-state index contributed by atoms with van der Waals surface area (Å²) in [5.41, 5.74) is 9.33. The Kier molecular flexibility index (Phi) is 17.4. The van der Waals surface area contributed by atoms with Gasteiger partial charge in [-0.2, -0.15) is 5.10 Å². The van der Waals surface area contributed by atoms with Gasteiger partial charge in [-0.05, 0) is 93.8 Å². The first-order valence-corrected chi connectivity index (χ1v) is 22.3. The molecule has 4 aromatic rings. The number of ether oxygens (including phenoxy) is 2. The number of aryl methyl sites for hydroxylation is 1. The van der Waals surface area contributed by atoms with Crippen molar-refractivity contribution in [1.29, 1.82) is 0 Å². The molecule has 0 radical (unpaired) electrons. The highest BCUT2D eigenvalue weighted by Crippen LogP contribution is 2.41. The molecule has 2 N–H and O–H groups in total. The number of methoxy groups -OCH3 is 1. The van der Waals surface area contributed by atoms with Crippen LogP contribution in [0.25, 0.3) is 33.4 Å². The maximum atomic E-state index is 13.9. The van der Waals surface area contributed by atoms with E-state index in [1.807, 2.05) is 50.1 Å². The summed E-state index contributed by atoms with van der Waals surface area (Å²) >= 11 is 0. The molecular weight excluding hydrogens is 815 g/mol. The van der Waals surface area contributed by atoms with Gasteiger partial charge in [-0.1, -0.05) is 40.3 Å². The van der Waals surface area contributed by atoms with Crippen LogP contribution in [-0.2, 0) is 53.0 Å². The van der Waals surface area contributed by atoms with Crippen molar-refractivity contribution in [2.24, 2.45) is 11.3 Å². The van der Waals surface area contributed by atoms with E-state index in [4.69, 9.17) is 19.6 Å². The fourth-order valence-corrected chi connectivity index (χ4v) is 8.64. The highest BCUT2D eigenvalue weighted by atomic mass is 16.5. The summed E-state index contributed by atoms with van der Waals surface area (Å²) in [6.07, 6.45) is 10.1. The number of likely N-dealkylation sites (N-methyl/N-ethyl adjacent to an activating group) is 1. The fourth-order valence-electron chi connectivity index (χ4n) is 8.64. The molecule has 1 aromatic carbocycles. The Bertz CT molecular complexity index is 2240. The van der Waals surface area contributed by atoms with Crippen molar-refractivity contribution < 1.29 is 33.4 Å². The molecule has 5 heterocycles. The molecule has 0 aliphatic carbocycles. The average Bonchev–Trinajstić information content (AvgIpc) is 4.08. The van der Waals surface area contributed by atoms with Crippen molar-refractivity contribution in [3.8, 4) is 22.5 Å². The predicted octanol–water partition coefficient (Wildman–Crippen LogP) is 5.56. The van der Waals surface area contributed by atoms with E-state index < -0.39 is 18.0 Å². The molecule has 6 rings (SSSR count). The highest BCUT2D eigenvalue weighted by molar-refractivity contribution is 5.95. The number of hydrogen-bond acceptors (Lipinski definition) is 10. The molecule has 64 heavy (non-hydrogen) atoms. The van der Waals surface area contributed by atoms with Crippen LogP contribution in [0.5, 0.6) is 0 Å². The van der Waals surface area contributed by atoms with Crippen LogP contribution in [-0.4, -0.2) is 124 Å². The number of amides is 4. The van der Waals surface area contributed by atoms with Crippen molar-refractivity contribution >= 4 is 41.5 Å². The lowest BCUT2D eigenvalue weighted by atomic mass is 9.84. The third kappa shape index (κ3) is 11.8. The van der Waals surface area contributed by atoms with Gasteiger partial charge in [0.05, 0.1) is 36.3 Å². The molecule has 2 saturated heterocycles. The van der Waals surface area contributed by atoms with Crippen LogP contribution in [0.2, 0.25) is 0 Å². The van der Waals surface area contributed by atoms with E-state index in [1.165, 1.54) is 11.0 Å². The number of carbonyl (C=O) groups excluding carboxylic acids is 5. The van der Waals surface area contributed by atoms with Crippen LogP contribution < -0.4 is 10.7 Å². The van der Waals surface area contributed by atoms with Crippen LogP contribution in [0.15, 0.2) is 61.4 Å². The smallest absolute Gasteiger partial charge is 0.293 e. The quantitative estimate of drug-likeness (QED) is 0.0898. The monoisotopic (exact) mass is 882 g/mol. The van der Waals surface area contributed by atoms with Crippen LogP contribution in [0, 0.1) is 11.3 Å². The Hall–Kier alpha value is -5.87. The first kappa shape index (κ1) is 49.2. The number of fused-ring (bicyclic) bond motifs is 1. The predicted molar refractivity (Wildman–Crippen MR) is 246 cm³/mol. The van der Waals surface area contributed by atoms with Gasteiger partial charge in [0, 0.05) is 86.7 Å². The molecule has 0 saturated carbocycles. The van der Waals surface area contributed by atoms with Crippen molar-refractivity contribution in [3.63, 3.8) is 0 Å². The maximum absolute atomic E-state index is 13.9. The standard InChI is InChI=1S/C41H56N8O6.C7H11NO/c1-9-48-35-15-14-29(21-31(35)32(22-41(5,6)24-55-26-51)38(48)30-13-12-17-42-36(30)28(4)54-8)33-16-20-47(45-33)23-34(40(53)49-19-11-10-18-43-49)44-39(52)37(27(2)3)46(7)25-50;1-2-7(9)8-5-3-4-6-8/h12-17,20-21,25-28,34,37,43H,9-11,18-19,22-24H2,1-8H3,(H,44,52);2H,1,3-6H2. The zero-order chi connectivity index (χ0) is 46.6. The lowest BCUT2D eigenvalue weighted by Crippen LogP contribution is -2.59. The molecule has 16 heteroatoms. The molecule has 2 fully saturated rings. The minimum Gasteiger partial charge on any atom is -0.467 e. The van der Waals surface area contributed by atoms with Gasteiger partial charge >= 0.3 is 0 Å². The maximum Gasteiger partial charge on any atom is 0.293 e. The third-order valence-corrected chi connectivity index (χ3v) is 11.9. The second kappa shape index (κ2) is 22.7. The second-order valence-electron chi connectivity index (χ2n) is 17.7. The van der Waals surface area contributed by atoms with Crippen molar-refractivity contribution in [3.05, 3.63) is 72.7 Å². The van der Waals surface area contributed by atoms with Gasteiger partial charge in [0.15, 0.2) is 0 Å². The number of likely N-dealkylation sites (tertiary alicyclic amines) is 1. The SMILES string of the molecule is C=CC(=O)N1CCCC1.CCn1c(-c2cccnc2C(C)OC)c(CC(C)(C)COC=O)c2cc(-c3ccn(CC(NC(=O)C(C(C)C)N(C)C=O)C(=O)N4CCCCN4)n3)ccc21. The summed E-state index contributed by atoms with van der Waals surface area (Å²) in [5, 5.41) is 10.5. The third-order valence-electron chi connectivity index (χ3n) is 11.9. The molecule has 4 amide bonds. The number of nitrogens with zero attached hydrogens (tertiary/aromatic N) is 7. The summed E-state index contributed by atoms with van der Waals surface area (Å²) < 4.78 is 15.0. The summed E-state index contributed by atoms with van der Waals surface area (Å²) in [4.78, 5) is 69.0. The van der Waals surface area contributed by atoms with Gasteiger partial charge in [-0.15, -0.1) is 0 Å². The number of hydrogen-bond donors (Lipinski definition) is 2. The normalized spacial score (nSPS) is 15.5. The van der Waals surface area contributed by atoms with Crippen LogP contribution >= 0.6 is 0 Å². The van der Waals surface area contributed by atoms with E-state index in [0.29, 0.717) is 44.6 Å². The van der Waals surface area contributed by atoms with Gasteiger partial charge < -0.3 is 29.2 Å². The van der Waals surface area contributed by atoms with Gasteiger partial charge in [0.25, 0.3) is 12.4 Å². The van der Waals surface area contributed by atoms with E-state index in [2.05, 4.69) is 60.9 Å². The number of pyridine rings is 1. The Morgan fingerprint density at radius 1 is 1.05 bits per heavy atom. The minimum absolute atomic E-state index is 0.0764. The van der Waals surface area contributed by atoms with Crippen molar-refractivity contribution in [2.45, 2.75) is 105 Å². The van der Waals surface area contributed by atoms with Gasteiger partial charge in [-0.25, -0.2) is 5.43 Å². The first-order valence-electron chi connectivity index (χ1n) is 22.3. The van der Waals surface area contributed by atoms with Crippen LogP contribution in [0.1, 0.15) is 84.6 Å². The zero-order valence-corrected chi connectivity index (χ0v) is 38.8. The molecule has 3 unspecified atom stereocenters. The van der Waals surface area contributed by atoms with E-state index in [-0.39, 0.29) is 42.4 Å². The average molecular weight is 882 g/mol. The summed E-state index contributed by atoms with van der Waals surface area (Å²) in [7, 11) is 3.24. The highest BCUT2D eigenvalue weighted by Gasteiger charge is 2.33. The van der Waals surface area contributed by atoms with Gasteiger partial charge in [-0.3, -0.25) is 38.6 Å². The fraction of sp³-hybridized carbons (Fsp3) is 0.521. The van der Waals surface area contributed by atoms with Crippen molar-refractivity contribution in [1.82, 2.24) is 44.9 Å². The summed E-state index contributed by atoms with van der Waals surface area (Å²) in [6, 6.07) is 10.5. The molecule has 2 aliphatic rings. The molecular formula is C48H67N9O7. The van der Waals surface area contributed by atoms with Crippen LogP contribution in [0.3, 0.4) is 0 Å². The second-order valence-corrected chi connectivity index (χ2v) is 17.7. The molecule has 0 bridgehead atoms. The Morgan fingerprint density at radius 3 is 2.41 bits per heavy atom. The molecule has 0 spiro atoms. The molecule has 346 valence electrons. The topological polar surface area (TPSA) is 173 Å². The number of aromatic nitrogens is 4. The summed E-state index contributed by atoms with van der Waals surface area (Å²) in [5.74, 6) is -0.763. The van der Waals surface area contributed by atoms with Crippen LogP contribution in [0.4, 0.5) is 0 Å². The Balaban J connectivity index is 0.000000762. The van der Waals surface area contributed by atoms with Crippen molar-refractivity contribution in [2.75, 3.05) is 46.9 Å². The molecule has 16 nitrogen and oxygen atoms in total. The van der Waals surface area contributed by atoms with E-state index in [9.17, 15) is 24.0 Å². The number of nitrogens with one attached hydrogen (secondary N) is 2. The Morgan fingerprint density at radius 2 is 1.78 bits per heavy atom. The largest absolute Gasteiger partial charge is 0.467 e. The zero-order valence-electron chi connectivity index (χ0n) is 38.8. The van der Waals surface area contributed by atoms with Gasteiger partial charge in [0.1, 0.15) is 12.1 Å². The molecule has 3 aromatic heterocycles. The number of hydrazine groups is 1. The first-order chi connectivity index (χ1) is 30.7. The lowest BCUT2D eigenvalue weighted by molar-refractivity contribution is -0.142. The van der Waals surface area contributed by atoms with E-state index in [1.54, 1.807) is 30.0 Å². The number of benzene rings is 1. The van der Waals surface area contributed by atoms with Gasteiger partial charge in [0.2, 0.25) is 18.2 Å².